The van der Waals surface area contributed by atoms with Gasteiger partial charge in [-0.15, -0.1) is 10.2 Å². The summed E-state index contributed by atoms with van der Waals surface area (Å²) in [4.78, 5) is 39.9. The van der Waals surface area contributed by atoms with Gasteiger partial charge in [0.25, 0.3) is 0 Å². The van der Waals surface area contributed by atoms with Gasteiger partial charge in [0.1, 0.15) is 22.9 Å². The SMILES string of the molecule is Nc1nnc(-c2ccccc2O)cc1N1CC2CCC(C1)N2c1ccc(F)c(N2CCC(CN3CCC4(CC3)CC(n3cc(C5CC5)c5cc(N6CCC(=O)NC6=O)cnc53)C4)CC2)c1F. The first kappa shape index (κ1) is 41.4. The number of rotatable bonds is 9. The maximum absolute atomic E-state index is 16.7. The van der Waals surface area contributed by atoms with Crippen LogP contribution in [0.15, 0.2) is 60.9 Å². The van der Waals surface area contributed by atoms with Gasteiger partial charge in [-0.3, -0.25) is 15.0 Å². The van der Waals surface area contributed by atoms with Crippen LogP contribution in [0.1, 0.15) is 88.2 Å². The first-order chi connectivity index (χ1) is 32.1. The van der Waals surface area contributed by atoms with Crippen molar-refractivity contribution in [1.29, 1.82) is 0 Å². The maximum Gasteiger partial charge on any atom is 0.328 e. The molecule has 2 bridgehead atoms. The molecule has 5 saturated heterocycles. The molecule has 344 valence electrons. The Labute approximate surface area is 382 Å². The number of benzene rings is 2. The summed E-state index contributed by atoms with van der Waals surface area (Å²) in [6.07, 6.45) is 15.0. The van der Waals surface area contributed by atoms with E-state index in [0.717, 1.165) is 80.6 Å². The second-order valence-corrected chi connectivity index (χ2v) is 20.3. The van der Waals surface area contributed by atoms with Crippen LogP contribution in [0, 0.1) is 23.0 Å². The van der Waals surface area contributed by atoms with Crippen molar-refractivity contribution in [3.8, 4) is 17.0 Å². The summed E-state index contributed by atoms with van der Waals surface area (Å²) in [6, 6.07) is 14.1. The number of pyridine rings is 1. The number of nitrogen functional groups attached to an aromatic ring is 1. The van der Waals surface area contributed by atoms with Gasteiger partial charge in [0.05, 0.1) is 29.0 Å². The number of phenolic OH excluding ortho intramolecular Hbond substituents is 1. The molecule has 3 aromatic heterocycles. The number of anilines is 5. The highest BCUT2D eigenvalue weighted by molar-refractivity contribution is 6.06. The number of hydrogen-bond acceptors (Lipinski definition) is 11. The van der Waals surface area contributed by atoms with Crippen molar-refractivity contribution in [3.05, 3.63) is 78.1 Å². The van der Waals surface area contributed by atoms with Gasteiger partial charge in [0, 0.05) is 81.0 Å². The van der Waals surface area contributed by atoms with E-state index in [1.165, 1.54) is 37.3 Å². The normalized spacial score (nSPS) is 23.8. The topological polar surface area (TPSA) is 152 Å². The molecule has 14 nitrogen and oxygen atoms in total. The number of carbonyl (C=O) groups excluding carboxylic acids is 2. The predicted molar refractivity (Wildman–Crippen MR) is 250 cm³/mol. The summed E-state index contributed by atoms with van der Waals surface area (Å²) in [7, 11) is 0. The quantitative estimate of drug-likeness (QED) is 0.134. The van der Waals surface area contributed by atoms with Crippen molar-refractivity contribution in [2.45, 2.75) is 94.7 Å². The number of nitrogens with two attached hydrogens (primary N) is 1. The van der Waals surface area contributed by atoms with Crippen LogP contribution in [-0.2, 0) is 4.79 Å². The minimum atomic E-state index is -0.504. The Kier molecular flexibility index (Phi) is 10.1. The van der Waals surface area contributed by atoms with E-state index in [1.54, 1.807) is 35.4 Å². The molecule has 4 N–H and O–H groups in total. The van der Waals surface area contributed by atoms with Gasteiger partial charge in [-0.25, -0.2) is 18.6 Å². The van der Waals surface area contributed by atoms with Crippen LogP contribution in [-0.4, -0.2) is 106 Å². The van der Waals surface area contributed by atoms with Gasteiger partial charge < -0.3 is 35.0 Å². The Hall–Kier alpha value is -6.03. The van der Waals surface area contributed by atoms with E-state index in [4.69, 9.17) is 10.7 Å². The van der Waals surface area contributed by atoms with Gasteiger partial charge in [-0.2, -0.15) is 0 Å². The number of urea groups is 1. The first-order valence-electron chi connectivity index (χ1n) is 24.1. The average molecular weight is 898 g/mol. The number of aromatic nitrogens is 4. The van der Waals surface area contributed by atoms with Crippen LogP contribution >= 0.6 is 0 Å². The fourth-order valence-electron chi connectivity index (χ4n) is 12.5. The molecule has 2 atom stereocenters. The molecule has 2 unspecified atom stereocenters. The lowest BCUT2D eigenvalue weighted by atomic mass is 9.60. The Bertz CT molecular complexity index is 2710. The van der Waals surface area contributed by atoms with Gasteiger partial charge >= 0.3 is 6.03 Å². The molecule has 66 heavy (non-hydrogen) atoms. The second kappa shape index (κ2) is 16.1. The number of para-hydroxylation sites is 1. The van der Waals surface area contributed by atoms with E-state index in [0.29, 0.717) is 78.8 Å². The summed E-state index contributed by atoms with van der Waals surface area (Å²) < 4.78 is 34.8. The molecule has 5 aliphatic heterocycles. The van der Waals surface area contributed by atoms with Crippen molar-refractivity contribution in [3.63, 3.8) is 0 Å². The lowest BCUT2D eigenvalue weighted by Gasteiger charge is -2.53. The van der Waals surface area contributed by atoms with E-state index >= 15 is 8.78 Å². The highest BCUT2D eigenvalue weighted by Crippen LogP contribution is 2.56. The number of piperidine rings is 2. The van der Waals surface area contributed by atoms with Gasteiger partial charge in [0.2, 0.25) is 5.91 Å². The van der Waals surface area contributed by atoms with E-state index in [9.17, 15) is 14.7 Å². The third kappa shape index (κ3) is 7.26. The number of nitrogens with one attached hydrogen (secondary N) is 1. The molecule has 12 rings (SSSR count). The average Bonchev–Trinajstić information content (AvgIpc) is 4.03. The number of aromatic hydroxyl groups is 1. The van der Waals surface area contributed by atoms with Crippen LogP contribution in [0.2, 0.25) is 0 Å². The molecule has 1 spiro atoms. The fourth-order valence-corrected chi connectivity index (χ4v) is 12.5. The van der Waals surface area contributed by atoms with Crippen LogP contribution in [0.4, 0.5) is 42.1 Å². The Morgan fingerprint density at radius 3 is 2.32 bits per heavy atom. The molecule has 2 aliphatic carbocycles. The van der Waals surface area contributed by atoms with E-state index in [2.05, 4.69) is 47.0 Å². The lowest BCUT2D eigenvalue weighted by molar-refractivity contribution is -0.120. The van der Waals surface area contributed by atoms with Gasteiger partial charge in [-0.1, -0.05) is 12.1 Å². The minimum absolute atomic E-state index is 0.0180. The number of piperazine rings is 1. The number of fused-ring (bicyclic) bond motifs is 3. The predicted octanol–water partition coefficient (Wildman–Crippen LogP) is 7.57. The molecule has 8 heterocycles. The number of amides is 3. The maximum atomic E-state index is 16.7. The van der Waals surface area contributed by atoms with Gasteiger partial charge in [0.15, 0.2) is 11.6 Å². The molecular formula is C50H57F2N11O3. The van der Waals surface area contributed by atoms with Crippen molar-refractivity contribution in [2.24, 2.45) is 11.3 Å². The monoisotopic (exact) mass is 897 g/mol. The van der Waals surface area contributed by atoms with Crippen LogP contribution in [0.25, 0.3) is 22.3 Å². The molecule has 2 aromatic carbocycles. The molecule has 7 fully saturated rings. The van der Waals surface area contributed by atoms with Crippen LogP contribution in [0.3, 0.4) is 0 Å². The molecule has 7 aliphatic rings. The zero-order valence-corrected chi connectivity index (χ0v) is 37.2. The summed E-state index contributed by atoms with van der Waals surface area (Å²) in [5.74, 6) is 0.258. The molecule has 2 saturated carbocycles. The van der Waals surface area contributed by atoms with E-state index in [1.807, 2.05) is 17.0 Å². The van der Waals surface area contributed by atoms with Crippen molar-refractivity contribution in [1.82, 2.24) is 30.0 Å². The minimum Gasteiger partial charge on any atom is -0.507 e. The summed E-state index contributed by atoms with van der Waals surface area (Å²) in [5.41, 5.74) is 12.2. The van der Waals surface area contributed by atoms with E-state index in [-0.39, 0.29) is 41.9 Å². The summed E-state index contributed by atoms with van der Waals surface area (Å²) in [6.45, 7) is 6.04. The van der Waals surface area contributed by atoms with Crippen molar-refractivity contribution < 1.29 is 23.5 Å². The number of halogens is 2. The number of nitrogens with zero attached hydrogens (tertiary/aromatic N) is 9. The zero-order chi connectivity index (χ0) is 44.8. The molecular weight excluding hydrogens is 841 g/mol. The second-order valence-electron chi connectivity index (χ2n) is 20.3. The Morgan fingerprint density at radius 2 is 1.59 bits per heavy atom. The number of hydrogen-bond donors (Lipinski definition) is 3. The highest BCUT2D eigenvalue weighted by atomic mass is 19.1. The number of imide groups is 1. The van der Waals surface area contributed by atoms with Gasteiger partial charge in [-0.05, 0) is 137 Å². The standard InChI is InChI=1S/C50H57F2N11O3/c51-39-9-10-41(63-32-7-8-33(63)28-60(27-32)42-22-40(56-57-47(42)53)36-3-1-2-4-43(36)64)45(52)46(39)59-16-11-30(12-17-59)26-58-19-14-50(15-20-58)23-35(24-50)62-29-38(31-5-6-31)37-21-34(25-54-48(37)62)61-18-13-44(65)55-49(61)66/h1-4,9-10,21-22,25,29-33,35,64H,5-8,11-20,23-24,26-28H2,(H2,53,57)(H,55,65,66). The highest BCUT2D eigenvalue weighted by Gasteiger charge is 2.48. The third-order valence-electron chi connectivity index (χ3n) is 16.3. The molecule has 5 aromatic rings. The number of likely N-dealkylation sites (tertiary alicyclic amines) is 1. The first-order valence-corrected chi connectivity index (χ1v) is 24.1. The van der Waals surface area contributed by atoms with Crippen LogP contribution in [0.5, 0.6) is 5.75 Å². The largest absolute Gasteiger partial charge is 0.507 e. The molecule has 16 heteroatoms. The van der Waals surface area contributed by atoms with Crippen molar-refractivity contribution >= 4 is 51.5 Å². The summed E-state index contributed by atoms with van der Waals surface area (Å²) in [5, 5.41) is 22.5. The summed E-state index contributed by atoms with van der Waals surface area (Å²) >= 11 is 0. The fraction of sp³-hybridized carbons (Fsp3) is 0.500. The van der Waals surface area contributed by atoms with Crippen LogP contribution < -0.4 is 30.7 Å². The number of carbonyl (C=O) groups is 2. The molecule has 0 radical (unpaired) electrons. The Balaban J connectivity index is 0.655. The third-order valence-corrected chi connectivity index (χ3v) is 16.3. The number of phenols is 1. The van der Waals surface area contributed by atoms with E-state index < -0.39 is 11.6 Å². The van der Waals surface area contributed by atoms with Crippen molar-refractivity contribution in [2.75, 3.05) is 77.7 Å². The lowest BCUT2D eigenvalue weighted by Crippen LogP contribution is -2.54. The smallest absolute Gasteiger partial charge is 0.328 e. The Morgan fingerprint density at radius 1 is 0.833 bits per heavy atom. The molecule has 3 amide bonds. The zero-order valence-electron chi connectivity index (χ0n) is 37.2.